The first-order valence-electron chi connectivity index (χ1n) is 8.90. The summed E-state index contributed by atoms with van der Waals surface area (Å²) in [6.45, 7) is 9.49. The van der Waals surface area contributed by atoms with Crippen LogP contribution in [0.4, 0.5) is 0 Å². The van der Waals surface area contributed by atoms with Crippen molar-refractivity contribution in [1.29, 1.82) is 0 Å². The number of aryl methyl sites for hydroxylation is 1. The summed E-state index contributed by atoms with van der Waals surface area (Å²) in [5.74, 6) is 0. The van der Waals surface area contributed by atoms with Crippen LogP contribution in [0.1, 0.15) is 55.1 Å². The molecule has 2 aromatic rings. The van der Waals surface area contributed by atoms with E-state index in [1.807, 2.05) is 6.20 Å². The molecule has 4 nitrogen and oxygen atoms in total. The molecule has 0 radical (unpaired) electrons. The molecule has 0 spiro atoms. The summed E-state index contributed by atoms with van der Waals surface area (Å²) in [6.07, 6.45) is 5.40. The van der Waals surface area contributed by atoms with Crippen LogP contribution in [-0.4, -0.2) is 28.0 Å². The number of aliphatic hydroxyl groups is 1. The predicted molar refractivity (Wildman–Crippen MR) is 97.6 cm³/mol. The molecule has 0 saturated carbocycles. The summed E-state index contributed by atoms with van der Waals surface area (Å²) in [5.41, 5.74) is 6.32. The minimum Gasteiger partial charge on any atom is -0.396 e. The second kappa shape index (κ2) is 6.69. The normalized spacial score (nSPS) is 17.8. The highest BCUT2D eigenvalue weighted by molar-refractivity contribution is 5.46. The van der Waals surface area contributed by atoms with Gasteiger partial charge in [-0.05, 0) is 50.3 Å². The maximum absolute atomic E-state index is 9.47. The van der Waals surface area contributed by atoms with Gasteiger partial charge < -0.3 is 10.4 Å². The van der Waals surface area contributed by atoms with E-state index < -0.39 is 0 Å². The largest absolute Gasteiger partial charge is 0.396 e. The van der Waals surface area contributed by atoms with Gasteiger partial charge in [-0.15, -0.1) is 0 Å². The van der Waals surface area contributed by atoms with Crippen molar-refractivity contribution in [3.8, 4) is 5.69 Å². The maximum Gasteiger partial charge on any atom is 0.0680 e. The first-order chi connectivity index (χ1) is 11.4. The van der Waals surface area contributed by atoms with Crippen LogP contribution >= 0.6 is 0 Å². The zero-order valence-electron chi connectivity index (χ0n) is 15.3. The van der Waals surface area contributed by atoms with Crippen molar-refractivity contribution in [3.05, 3.63) is 46.8 Å². The molecule has 1 aliphatic carbocycles. The summed E-state index contributed by atoms with van der Waals surface area (Å²) in [5, 5.41) is 17.8. The minimum absolute atomic E-state index is 0.0965. The molecule has 1 aliphatic rings. The zero-order valence-corrected chi connectivity index (χ0v) is 15.3. The van der Waals surface area contributed by atoms with Gasteiger partial charge in [0.25, 0.3) is 0 Å². The molecule has 0 saturated heterocycles. The number of aromatic nitrogens is 2. The third-order valence-electron chi connectivity index (χ3n) is 5.24. The van der Waals surface area contributed by atoms with E-state index in [0.717, 1.165) is 19.4 Å². The molecule has 1 unspecified atom stereocenters. The predicted octanol–water partition coefficient (Wildman–Crippen LogP) is 3.47. The summed E-state index contributed by atoms with van der Waals surface area (Å²) in [4.78, 5) is 0. The highest BCUT2D eigenvalue weighted by Crippen LogP contribution is 2.32. The smallest absolute Gasteiger partial charge is 0.0680 e. The monoisotopic (exact) mass is 327 g/mol. The maximum atomic E-state index is 9.47. The molecular weight excluding hydrogens is 298 g/mol. The van der Waals surface area contributed by atoms with E-state index in [-0.39, 0.29) is 12.0 Å². The van der Waals surface area contributed by atoms with Crippen molar-refractivity contribution in [2.45, 2.75) is 53.0 Å². The number of hydrogen-bond donors (Lipinski definition) is 2. The van der Waals surface area contributed by atoms with Crippen LogP contribution in [0.25, 0.3) is 5.69 Å². The van der Waals surface area contributed by atoms with Gasteiger partial charge in [0.15, 0.2) is 0 Å². The lowest BCUT2D eigenvalue weighted by atomic mass is 9.90. The number of aliphatic hydroxyl groups excluding tert-OH is 1. The van der Waals surface area contributed by atoms with Gasteiger partial charge >= 0.3 is 0 Å². The topological polar surface area (TPSA) is 50.1 Å². The molecule has 1 atom stereocenters. The van der Waals surface area contributed by atoms with Gasteiger partial charge in [-0.3, -0.25) is 0 Å². The lowest BCUT2D eigenvalue weighted by molar-refractivity contribution is 0.152. The Labute approximate surface area is 144 Å². The Kier molecular flexibility index (Phi) is 4.79. The van der Waals surface area contributed by atoms with Crippen molar-refractivity contribution >= 4 is 0 Å². The first kappa shape index (κ1) is 17.2. The molecule has 4 heteroatoms. The number of rotatable bonds is 5. The van der Waals surface area contributed by atoms with Crippen LogP contribution in [0.15, 0.2) is 24.4 Å². The van der Waals surface area contributed by atoms with E-state index >= 15 is 0 Å². The molecule has 24 heavy (non-hydrogen) atoms. The van der Waals surface area contributed by atoms with Crippen molar-refractivity contribution in [2.75, 3.05) is 13.2 Å². The van der Waals surface area contributed by atoms with Crippen molar-refractivity contribution in [3.63, 3.8) is 0 Å². The number of nitrogens with one attached hydrogen (secondary N) is 1. The SMILES string of the molecule is Cc1cccc(-n2ncc3c2CCCC3NCC(C)(C)CO)c1C. The van der Waals surface area contributed by atoms with Crippen LogP contribution in [0.3, 0.4) is 0 Å². The molecule has 0 fully saturated rings. The molecule has 130 valence electrons. The fourth-order valence-electron chi connectivity index (χ4n) is 3.40. The Morgan fingerprint density at radius 2 is 2.12 bits per heavy atom. The van der Waals surface area contributed by atoms with Crippen molar-refractivity contribution in [2.24, 2.45) is 5.41 Å². The van der Waals surface area contributed by atoms with E-state index in [0.29, 0.717) is 6.04 Å². The number of benzene rings is 1. The van der Waals surface area contributed by atoms with Crippen LogP contribution in [-0.2, 0) is 6.42 Å². The van der Waals surface area contributed by atoms with Crippen LogP contribution in [0.2, 0.25) is 0 Å². The number of nitrogens with zero attached hydrogens (tertiary/aromatic N) is 2. The van der Waals surface area contributed by atoms with Crippen LogP contribution < -0.4 is 5.32 Å². The van der Waals surface area contributed by atoms with E-state index in [2.05, 4.69) is 55.9 Å². The van der Waals surface area contributed by atoms with E-state index in [9.17, 15) is 5.11 Å². The van der Waals surface area contributed by atoms with E-state index in [4.69, 9.17) is 5.10 Å². The van der Waals surface area contributed by atoms with Gasteiger partial charge in [0, 0.05) is 35.9 Å². The van der Waals surface area contributed by atoms with Crippen LogP contribution in [0, 0.1) is 19.3 Å². The summed E-state index contributed by atoms with van der Waals surface area (Å²) in [6, 6.07) is 6.74. The van der Waals surface area contributed by atoms with Crippen LogP contribution in [0.5, 0.6) is 0 Å². The molecular formula is C20H29N3O. The molecule has 3 rings (SSSR count). The van der Waals surface area contributed by atoms with Gasteiger partial charge in [0.05, 0.1) is 11.9 Å². The van der Waals surface area contributed by atoms with Gasteiger partial charge in [-0.2, -0.15) is 5.10 Å². The third kappa shape index (κ3) is 3.26. The van der Waals surface area contributed by atoms with Gasteiger partial charge in [-0.25, -0.2) is 4.68 Å². The summed E-state index contributed by atoms with van der Waals surface area (Å²) < 4.78 is 2.13. The summed E-state index contributed by atoms with van der Waals surface area (Å²) in [7, 11) is 0. The quantitative estimate of drug-likeness (QED) is 0.884. The van der Waals surface area contributed by atoms with Gasteiger partial charge in [0.2, 0.25) is 0 Å². The second-order valence-electron chi connectivity index (χ2n) is 7.83. The number of fused-ring (bicyclic) bond motifs is 1. The fraction of sp³-hybridized carbons (Fsp3) is 0.550. The lowest BCUT2D eigenvalue weighted by Crippen LogP contribution is -2.35. The van der Waals surface area contributed by atoms with Gasteiger partial charge in [0.1, 0.15) is 0 Å². The average molecular weight is 327 g/mol. The molecule has 0 bridgehead atoms. The minimum atomic E-state index is -0.0965. The molecule has 2 N–H and O–H groups in total. The van der Waals surface area contributed by atoms with E-state index in [1.54, 1.807) is 0 Å². The lowest BCUT2D eigenvalue weighted by Gasteiger charge is -2.29. The van der Waals surface area contributed by atoms with Crippen molar-refractivity contribution < 1.29 is 5.11 Å². The van der Waals surface area contributed by atoms with Gasteiger partial charge in [-0.1, -0.05) is 26.0 Å². The Morgan fingerprint density at radius 1 is 1.33 bits per heavy atom. The zero-order chi connectivity index (χ0) is 17.3. The Hall–Kier alpha value is -1.65. The average Bonchev–Trinajstić information content (AvgIpc) is 3.00. The Bertz CT molecular complexity index is 718. The number of hydrogen-bond acceptors (Lipinski definition) is 3. The third-order valence-corrected chi connectivity index (χ3v) is 5.24. The molecule has 0 amide bonds. The first-order valence-corrected chi connectivity index (χ1v) is 8.90. The standard InChI is InChI=1S/C20H29N3O/c1-14-7-5-9-18(15(14)2)23-19-10-6-8-17(16(19)11-22-23)21-12-20(3,4)13-24/h5,7,9,11,17,21,24H,6,8,10,12-13H2,1-4H3. The van der Waals surface area contributed by atoms with E-state index in [1.165, 1.54) is 34.5 Å². The summed E-state index contributed by atoms with van der Waals surface area (Å²) >= 11 is 0. The fourth-order valence-corrected chi connectivity index (χ4v) is 3.40. The Morgan fingerprint density at radius 3 is 2.88 bits per heavy atom. The molecule has 0 aliphatic heterocycles. The van der Waals surface area contributed by atoms with Crippen molar-refractivity contribution in [1.82, 2.24) is 15.1 Å². The molecule has 1 aromatic carbocycles. The highest BCUT2D eigenvalue weighted by atomic mass is 16.3. The molecule has 1 heterocycles. The molecule has 1 aromatic heterocycles. The second-order valence-corrected chi connectivity index (χ2v) is 7.83. The Balaban J connectivity index is 1.89. The highest BCUT2D eigenvalue weighted by Gasteiger charge is 2.27.